The van der Waals surface area contributed by atoms with Crippen molar-refractivity contribution in [2.75, 3.05) is 12.4 Å². The lowest BCUT2D eigenvalue weighted by molar-refractivity contribution is 0.978. The third-order valence-electron chi connectivity index (χ3n) is 3.42. The van der Waals surface area contributed by atoms with Crippen molar-refractivity contribution in [3.8, 4) is 11.3 Å². The number of aryl methyl sites for hydroxylation is 1. The molecule has 0 aliphatic carbocycles. The third-order valence-corrected chi connectivity index (χ3v) is 3.42. The zero-order chi connectivity index (χ0) is 12.5. The molecule has 1 aromatic heterocycles. The van der Waals surface area contributed by atoms with E-state index in [1.807, 2.05) is 7.05 Å². The number of nitrogens with one attached hydrogen (secondary N) is 1. The fourth-order valence-corrected chi connectivity index (χ4v) is 2.47. The molecule has 2 nitrogen and oxygen atoms in total. The standard InChI is InChI=1S/C16H16N2/c1-17-14-9-5-4-8-13(14)16-11-12-7-3-6-10-15(12)18(16)2/h3-11,17H,1-2H3. The van der Waals surface area contributed by atoms with E-state index in [4.69, 9.17) is 0 Å². The Bertz CT molecular complexity index is 695. The summed E-state index contributed by atoms with van der Waals surface area (Å²) in [6, 6.07) is 19.1. The molecule has 2 heteroatoms. The van der Waals surface area contributed by atoms with Gasteiger partial charge in [-0.3, -0.25) is 0 Å². The quantitative estimate of drug-likeness (QED) is 0.714. The number of rotatable bonds is 2. The molecule has 0 bridgehead atoms. The van der Waals surface area contributed by atoms with E-state index in [0.717, 1.165) is 5.69 Å². The van der Waals surface area contributed by atoms with E-state index in [1.165, 1.54) is 22.2 Å². The van der Waals surface area contributed by atoms with Crippen LogP contribution < -0.4 is 5.32 Å². The van der Waals surface area contributed by atoms with Gasteiger partial charge in [0.25, 0.3) is 0 Å². The fourth-order valence-electron chi connectivity index (χ4n) is 2.47. The predicted molar refractivity (Wildman–Crippen MR) is 77.9 cm³/mol. The van der Waals surface area contributed by atoms with Gasteiger partial charge in [0, 0.05) is 36.2 Å². The van der Waals surface area contributed by atoms with Crippen LogP contribution in [0.15, 0.2) is 54.6 Å². The molecular formula is C16H16N2. The van der Waals surface area contributed by atoms with Crippen LogP contribution in [0.3, 0.4) is 0 Å². The highest BCUT2D eigenvalue weighted by Gasteiger charge is 2.09. The van der Waals surface area contributed by atoms with Crippen LogP contribution in [0.1, 0.15) is 0 Å². The van der Waals surface area contributed by atoms with Crippen LogP contribution in [0, 0.1) is 0 Å². The minimum absolute atomic E-state index is 1.16. The minimum Gasteiger partial charge on any atom is -0.388 e. The van der Waals surface area contributed by atoms with Crippen LogP contribution in [0.2, 0.25) is 0 Å². The fraction of sp³-hybridized carbons (Fsp3) is 0.125. The van der Waals surface area contributed by atoms with Crippen molar-refractivity contribution in [3.05, 3.63) is 54.6 Å². The summed E-state index contributed by atoms with van der Waals surface area (Å²) in [6.45, 7) is 0. The summed E-state index contributed by atoms with van der Waals surface area (Å²) < 4.78 is 2.24. The van der Waals surface area contributed by atoms with Crippen molar-refractivity contribution < 1.29 is 0 Å². The van der Waals surface area contributed by atoms with Gasteiger partial charge in [-0.25, -0.2) is 0 Å². The lowest BCUT2D eigenvalue weighted by Crippen LogP contribution is -1.95. The summed E-state index contributed by atoms with van der Waals surface area (Å²) in [6.07, 6.45) is 0. The minimum atomic E-state index is 1.16. The number of hydrogen-bond acceptors (Lipinski definition) is 1. The van der Waals surface area contributed by atoms with Crippen molar-refractivity contribution >= 4 is 16.6 Å². The largest absolute Gasteiger partial charge is 0.388 e. The summed E-state index contributed by atoms with van der Waals surface area (Å²) in [5.41, 5.74) is 4.89. The normalized spacial score (nSPS) is 10.8. The summed E-state index contributed by atoms with van der Waals surface area (Å²) >= 11 is 0. The maximum absolute atomic E-state index is 3.25. The average molecular weight is 236 g/mol. The SMILES string of the molecule is CNc1ccccc1-c1cc2ccccc2n1C. The number of benzene rings is 2. The van der Waals surface area contributed by atoms with Gasteiger partial charge in [-0.2, -0.15) is 0 Å². The molecule has 0 fully saturated rings. The molecule has 0 saturated heterocycles. The Morgan fingerprint density at radius 1 is 0.944 bits per heavy atom. The topological polar surface area (TPSA) is 17.0 Å². The predicted octanol–water partition coefficient (Wildman–Crippen LogP) is 3.89. The molecule has 0 unspecified atom stereocenters. The Kier molecular flexibility index (Phi) is 2.56. The third kappa shape index (κ3) is 1.58. The Morgan fingerprint density at radius 2 is 1.67 bits per heavy atom. The summed E-state index contributed by atoms with van der Waals surface area (Å²) in [4.78, 5) is 0. The lowest BCUT2D eigenvalue weighted by atomic mass is 10.1. The molecule has 18 heavy (non-hydrogen) atoms. The van der Waals surface area contributed by atoms with Gasteiger partial charge < -0.3 is 9.88 Å². The Hall–Kier alpha value is -2.22. The molecule has 1 heterocycles. The highest BCUT2D eigenvalue weighted by Crippen LogP contribution is 2.31. The van der Waals surface area contributed by atoms with Crippen LogP contribution in [-0.4, -0.2) is 11.6 Å². The zero-order valence-electron chi connectivity index (χ0n) is 10.6. The van der Waals surface area contributed by atoms with Gasteiger partial charge in [0.15, 0.2) is 0 Å². The monoisotopic (exact) mass is 236 g/mol. The Balaban J connectivity index is 2.28. The molecular weight excluding hydrogens is 220 g/mol. The second-order valence-corrected chi connectivity index (χ2v) is 4.44. The number of para-hydroxylation sites is 2. The second kappa shape index (κ2) is 4.22. The van der Waals surface area contributed by atoms with Crippen molar-refractivity contribution in [2.24, 2.45) is 7.05 Å². The maximum Gasteiger partial charge on any atom is 0.0509 e. The highest BCUT2D eigenvalue weighted by molar-refractivity contribution is 5.89. The van der Waals surface area contributed by atoms with Crippen LogP contribution in [-0.2, 0) is 7.05 Å². The number of hydrogen-bond donors (Lipinski definition) is 1. The van der Waals surface area contributed by atoms with E-state index in [-0.39, 0.29) is 0 Å². The van der Waals surface area contributed by atoms with Gasteiger partial charge in [-0.15, -0.1) is 0 Å². The number of anilines is 1. The number of fused-ring (bicyclic) bond motifs is 1. The van der Waals surface area contributed by atoms with Crippen LogP contribution in [0.25, 0.3) is 22.2 Å². The van der Waals surface area contributed by atoms with Gasteiger partial charge in [-0.1, -0.05) is 36.4 Å². The first-order valence-corrected chi connectivity index (χ1v) is 6.13. The van der Waals surface area contributed by atoms with Gasteiger partial charge in [0.2, 0.25) is 0 Å². The Morgan fingerprint density at radius 3 is 2.44 bits per heavy atom. The second-order valence-electron chi connectivity index (χ2n) is 4.44. The molecule has 2 aromatic carbocycles. The molecule has 3 rings (SSSR count). The molecule has 0 saturated carbocycles. The molecule has 0 spiro atoms. The first-order chi connectivity index (χ1) is 8.81. The van der Waals surface area contributed by atoms with Crippen LogP contribution in [0.4, 0.5) is 5.69 Å². The smallest absolute Gasteiger partial charge is 0.0509 e. The molecule has 0 atom stereocenters. The maximum atomic E-state index is 3.25. The number of nitrogens with zero attached hydrogens (tertiary/aromatic N) is 1. The zero-order valence-corrected chi connectivity index (χ0v) is 10.6. The van der Waals surface area contributed by atoms with Crippen molar-refractivity contribution in [1.82, 2.24) is 4.57 Å². The molecule has 1 N–H and O–H groups in total. The summed E-state index contributed by atoms with van der Waals surface area (Å²) in [5, 5.41) is 4.53. The average Bonchev–Trinajstić information content (AvgIpc) is 2.76. The molecule has 90 valence electrons. The lowest BCUT2D eigenvalue weighted by Gasteiger charge is -2.10. The molecule has 0 aliphatic rings. The Labute approximate surface area is 107 Å². The van der Waals surface area contributed by atoms with Gasteiger partial charge in [0.05, 0.1) is 5.69 Å². The molecule has 3 aromatic rings. The molecule has 0 aliphatic heterocycles. The first kappa shape index (κ1) is 10.9. The van der Waals surface area contributed by atoms with Crippen LogP contribution in [0.5, 0.6) is 0 Å². The van der Waals surface area contributed by atoms with Gasteiger partial charge in [0.1, 0.15) is 0 Å². The summed E-state index contributed by atoms with van der Waals surface area (Å²) in [7, 11) is 4.07. The van der Waals surface area contributed by atoms with Crippen molar-refractivity contribution in [3.63, 3.8) is 0 Å². The van der Waals surface area contributed by atoms with Crippen LogP contribution >= 0.6 is 0 Å². The van der Waals surface area contributed by atoms with E-state index in [9.17, 15) is 0 Å². The van der Waals surface area contributed by atoms with E-state index in [2.05, 4.69) is 71.5 Å². The van der Waals surface area contributed by atoms with Crippen molar-refractivity contribution in [2.45, 2.75) is 0 Å². The van der Waals surface area contributed by atoms with E-state index in [0.29, 0.717) is 0 Å². The van der Waals surface area contributed by atoms with E-state index < -0.39 is 0 Å². The highest BCUT2D eigenvalue weighted by atomic mass is 15.0. The van der Waals surface area contributed by atoms with Crippen molar-refractivity contribution in [1.29, 1.82) is 0 Å². The number of aromatic nitrogens is 1. The molecule has 0 radical (unpaired) electrons. The summed E-state index contributed by atoms with van der Waals surface area (Å²) in [5.74, 6) is 0. The van der Waals surface area contributed by atoms with Gasteiger partial charge >= 0.3 is 0 Å². The van der Waals surface area contributed by atoms with Gasteiger partial charge in [-0.05, 0) is 18.2 Å². The first-order valence-electron chi connectivity index (χ1n) is 6.13. The van der Waals surface area contributed by atoms with E-state index in [1.54, 1.807) is 0 Å². The molecule has 0 amide bonds. The van der Waals surface area contributed by atoms with E-state index >= 15 is 0 Å².